The molecule has 0 aromatic heterocycles. The van der Waals surface area contributed by atoms with Gasteiger partial charge in [0.25, 0.3) is 0 Å². The molecule has 1 aliphatic heterocycles. The first-order valence-electron chi connectivity index (χ1n) is 5.24. The van der Waals surface area contributed by atoms with E-state index in [2.05, 4.69) is 17.6 Å². The van der Waals surface area contributed by atoms with Crippen LogP contribution in [0.3, 0.4) is 0 Å². The second-order valence-electron chi connectivity index (χ2n) is 3.80. The van der Waals surface area contributed by atoms with Gasteiger partial charge in [0.15, 0.2) is 0 Å². The molecule has 13 heavy (non-hydrogen) atoms. The lowest BCUT2D eigenvalue weighted by Gasteiger charge is -2.28. The number of nitrogens with one attached hydrogen (secondary N) is 2. The molecule has 3 heteroatoms. The molecule has 1 aliphatic rings. The van der Waals surface area contributed by atoms with Crippen molar-refractivity contribution in [2.24, 2.45) is 5.92 Å². The summed E-state index contributed by atoms with van der Waals surface area (Å²) in [5.74, 6) is 0.836. The monoisotopic (exact) mass is 184 g/mol. The van der Waals surface area contributed by atoms with Gasteiger partial charge < -0.3 is 10.6 Å². The van der Waals surface area contributed by atoms with Crippen molar-refractivity contribution >= 4 is 5.91 Å². The fraction of sp³-hybridized carbons (Fsp3) is 0.900. The summed E-state index contributed by atoms with van der Waals surface area (Å²) in [4.78, 5) is 11.1. The van der Waals surface area contributed by atoms with Crippen molar-refractivity contribution in [2.75, 3.05) is 13.1 Å². The number of hydrogen-bond acceptors (Lipinski definition) is 2. The molecule has 76 valence electrons. The first-order valence-corrected chi connectivity index (χ1v) is 5.24. The minimum atomic E-state index is 0.172. The lowest BCUT2D eigenvalue weighted by atomic mass is 9.91. The highest BCUT2D eigenvalue weighted by Gasteiger charge is 2.20. The van der Waals surface area contributed by atoms with Crippen LogP contribution in [0.25, 0.3) is 0 Å². The van der Waals surface area contributed by atoms with Crippen LogP contribution in [0.4, 0.5) is 0 Å². The van der Waals surface area contributed by atoms with Gasteiger partial charge >= 0.3 is 0 Å². The van der Waals surface area contributed by atoms with Crippen LogP contribution in [-0.4, -0.2) is 25.0 Å². The molecule has 1 unspecified atom stereocenters. The zero-order chi connectivity index (χ0) is 9.68. The van der Waals surface area contributed by atoms with E-state index >= 15 is 0 Å². The Morgan fingerprint density at radius 1 is 1.54 bits per heavy atom. The minimum Gasteiger partial charge on any atom is -0.353 e. The number of carbonyl (C=O) groups is 1. The van der Waals surface area contributed by atoms with Crippen molar-refractivity contribution in [3.8, 4) is 0 Å². The summed E-state index contributed by atoms with van der Waals surface area (Å²) in [6, 6.07) is 0.342. The number of amides is 1. The van der Waals surface area contributed by atoms with Gasteiger partial charge in [-0.2, -0.15) is 0 Å². The van der Waals surface area contributed by atoms with Crippen LogP contribution in [0.1, 0.15) is 33.1 Å². The highest BCUT2D eigenvalue weighted by atomic mass is 16.1. The summed E-state index contributed by atoms with van der Waals surface area (Å²) in [7, 11) is 0. The molecule has 1 saturated heterocycles. The third-order valence-corrected chi connectivity index (χ3v) is 2.80. The molecule has 2 N–H and O–H groups in total. The molecule has 1 heterocycles. The highest BCUT2D eigenvalue weighted by Crippen LogP contribution is 2.15. The normalized spacial score (nSPS) is 21.1. The van der Waals surface area contributed by atoms with Crippen molar-refractivity contribution in [1.29, 1.82) is 0 Å². The van der Waals surface area contributed by atoms with E-state index in [4.69, 9.17) is 0 Å². The van der Waals surface area contributed by atoms with Gasteiger partial charge in [0.05, 0.1) is 0 Å². The van der Waals surface area contributed by atoms with E-state index in [-0.39, 0.29) is 5.91 Å². The Kier molecular flexibility index (Phi) is 4.22. The van der Waals surface area contributed by atoms with Gasteiger partial charge in [0, 0.05) is 12.5 Å². The van der Waals surface area contributed by atoms with E-state index in [1.807, 2.05) is 6.92 Å². The van der Waals surface area contributed by atoms with Crippen molar-refractivity contribution in [3.63, 3.8) is 0 Å². The highest BCUT2D eigenvalue weighted by molar-refractivity contribution is 5.75. The van der Waals surface area contributed by atoms with Gasteiger partial charge in [-0.3, -0.25) is 4.79 Å². The first-order chi connectivity index (χ1) is 6.24. The molecule has 0 aromatic rings. The minimum absolute atomic E-state index is 0.172. The van der Waals surface area contributed by atoms with Crippen molar-refractivity contribution in [3.05, 3.63) is 0 Å². The number of rotatable bonds is 3. The van der Waals surface area contributed by atoms with Gasteiger partial charge in [-0.1, -0.05) is 6.92 Å². The second-order valence-corrected chi connectivity index (χ2v) is 3.80. The van der Waals surface area contributed by atoms with Gasteiger partial charge in [-0.15, -0.1) is 0 Å². The summed E-state index contributed by atoms with van der Waals surface area (Å²) >= 11 is 0. The Morgan fingerprint density at radius 2 is 2.15 bits per heavy atom. The van der Waals surface area contributed by atoms with Gasteiger partial charge in [-0.25, -0.2) is 0 Å². The summed E-state index contributed by atoms with van der Waals surface area (Å²) in [5, 5.41) is 6.36. The lowest BCUT2D eigenvalue weighted by Crippen LogP contribution is -2.42. The average Bonchev–Trinajstić information content (AvgIpc) is 2.19. The van der Waals surface area contributed by atoms with Crippen LogP contribution in [0, 0.1) is 5.92 Å². The topological polar surface area (TPSA) is 41.1 Å². The van der Waals surface area contributed by atoms with E-state index < -0.39 is 0 Å². The Labute approximate surface area is 80.3 Å². The zero-order valence-electron chi connectivity index (χ0n) is 8.60. The smallest absolute Gasteiger partial charge is 0.219 e. The molecule has 3 nitrogen and oxygen atoms in total. The van der Waals surface area contributed by atoms with Crippen LogP contribution < -0.4 is 10.6 Å². The molecular formula is C10H20N2O. The summed E-state index contributed by atoms with van der Waals surface area (Å²) in [6.07, 6.45) is 2.96. The second kappa shape index (κ2) is 5.22. The number of piperidine rings is 1. The third-order valence-electron chi connectivity index (χ3n) is 2.80. The van der Waals surface area contributed by atoms with E-state index in [1.54, 1.807) is 0 Å². The van der Waals surface area contributed by atoms with Gasteiger partial charge in [-0.05, 0) is 38.8 Å². The first kappa shape index (κ1) is 10.5. The van der Waals surface area contributed by atoms with Crippen LogP contribution in [0.2, 0.25) is 0 Å². The molecule has 1 amide bonds. The number of carbonyl (C=O) groups excluding carboxylic acids is 1. The summed E-state index contributed by atoms with van der Waals surface area (Å²) < 4.78 is 0. The van der Waals surface area contributed by atoms with Gasteiger partial charge in [0.2, 0.25) is 5.91 Å². The molecule has 1 rings (SSSR count). The molecular weight excluding hydrogens is 164 g/mol. The van der Waals surface area contributed by atoms with E-state index in [1.165, 1.54) is 12.8 Å². The molecule has 1 fully saturated rings. The Bertz CT molecular complexity index is 164. The average molecular weight is 184 g/mol. The molecule has 0 spiro atoms. The predicted molar refractivity (Wildman–Crippen MR) is 53.5 cm³/mol. The molecule has 0 aromatic carbocycles. The fourth-order valence-electron chi connectivity index (χ4n) is 1.82. The standard InChI is InChI=1S/C10H20N2O/c1-3-10(13)12-8(2)9-4-6-11-7-5-9/h8-9,11H,3-7H2,1-2H3,(H,12,13). The molecule has 0 radical (unpaired) electrons. The van der Waals surface area contributed by atoms with Crippen LogP contribution in [0.15, 0.2) is 0 Å². The Morgan fingerprint density at radius 3 is 2.69 bits per heavy atom. The van der Waals surface area contributed by atoms with E-state index in [0.29, 0.717) is 18.4 Å². The largest absolute Gasteiger partial charge is 0.353 e. The van der Waals surface area contributed by atoms with Crippen LogP contribution in [0.5, 0.6) is 0 Å². The SMILES string of the molecule is CCC(=O)NC(C)C1CCNCC1. The van der Waals surface area contributed by atoms with Crippen LogP contribution in [-0.2, 0) is 4.79 Å². The maximum Gasteiger partial charge on any atom is 0.219 e. The van der Waals surface area contributed by atoms with Crippen LogP contribution >= 0.6 is 0 Å². The zero-order valence-corrected chi connectivity index (χ0v) is 8.60. The predicted octanol–water partition coefficient (Wildman–Crippen LogP) is 0.901. The quantitative estimate of drug-likeness (QED) is 0.684. The summed E-state index contributed by atoms with van der Waals surface area (Å²) in [6.45, 7) is 6.20. The Hall–Kier alpha value is -0.570. The molecule has 0 bridgehead atoms. The van der Waals surface area contributed by atoms with E-state index in [0.717, 1.165) is 13.1 Å². The third kappa shape index (κ3) is 3.35. The maximum absolute atomic E-state index is 11.1. The molecule has 0 aliphatic carbocycles. The maximum atomic E-state index is 11.1. The van der Waals surface area contributed by atoms with E-state index in [9.17, 15) is 4.79 Å². The van der Waals surface area contributed by atoms with Crippen molar-refractivity contribution < 1.29 is 4.79 Å². The molecule has 1 atom stereocenters. The summed E-state index contributed by atoms with van der Waals surface area (Å²) in [5.41, 5.74) is 0. The fourth-order valence-corrected chi connectivity index (χ4v) is 1.82. The lowest BCUT2D eigenvalue weighted by molar-refractivity contribution is -0.121. The molecule has 0 saturated carbocycles. The van der Waals surface area contributed by atoms with Gasteiger partial charge in [0.1, 0.15) is 0 Å². The van der Waals surface area contributed by atoms with Crippen molar-refractivity contribution in [1.82, 2.24) is 10.6 Å². The van der Waals surface area contributed by atoms with Crippen molar-refractivity contribution in [2.45, 2.75) is 39.2 Å². The number of hydrogen-bond donors (Lipinski definition) is 2. The Balaban J connectivity index is 2.28.